The number of hydrogen-bond donors (Lipinski definition) is 2. The number of pyridine rings is 1. The molecule has 0 radical (unpaired) electrons. The minimum absolute atomic E-state index is 0.342. The van der Waals surface area contributed by atoms with Crippen molar-refractivity contribution in [1.82, 2.24) is 4.98 Å². The summed E-state index contributed by atoms with van der Waals surface area (Å²) in [7, 11) is 0. The predicted octanol–water partition coefficient (Wildman–Crippen LogP) is 1.94. The van der Waals surface area contributed by atoms with Crippen LogP contribution in [-0.2, 0) is 0 Å². The fraction of sp³-hybridized carbons (Fsp3) is 0.538. The van der Waals surface area contributed by atoms with Gasteiger partial charge < -0.3 is 11.1 Å². The lowest BCUT2D eigenvalue weighted by Crippen LogP contribution is -2.33. The van der Waals surface area contributed by atoms with Crippen LogP contribution in [0, 0.1) is 18.3 Å². The van der Waals surface area contributed by atoms with Gasteiger partial charge in [0.2, 0.25) is 0 Å². The van der Waals surface area contributed by atoms with Crippen molar-refractivity contribution < 1.29 is 0 Å². The summed E-state index contributed by atoms with van der Waals surface area (Å²) in [5.74, 6) is 0.716. The Hall–Kier alpha value is -1.60. The summed E-state index contributed by atoms with van der Waals surface area (Å²) in [5.41, 5.74) is 7.42. The summed E-state index contributed by atoms with van der Waals surface area (Å²) in [5, 5.41) is 12.4. The van der Waals surface area contributed by atoms with E-state index in [1.54, 1.807) is 0 Å². The molecule has 0 bridgehead atoms. The molecule has 0 aliphatic heterocycles. The van der Waals surface area contributed by atoms with Gasteiger partial charge in [0.1, 0.15) is 11.9 Å². The van der Waals surface area contributed by atoms with Crippen LogP contribution in [-0.4, -0.2) is 17.1 Å². The first-order chi connectivity index (χ1) is 8.19. The van der Waals surface area contributed by atoms with E-state index in [9.17, 15) is 0 Å². The Morgan fingerprint density at radius 1 is 1.35 bits per heavy atom. The Morgan fingerprint density at radius 2 is 2.06 bits per heavy atom. The molecule has 3 N–H and O–H groups in total. The third-order valence-corrected chi connectivity index (χ3v) is 3.27. The number of nitrogens with two attached hydrogens (primary N) is 1. The fourth-order valence-electron chi connectivity index (χ4n) is 2.21. The number of aromatic nitrogens is 1. The molecular formula is C13H18N4. The van der Waals surface area contributed by atoms with Gasteiger partial charge >= 0.3 is 0 Å². The number of nitrogens with one attached hydrogen (secondary N) is 1. The van der Waals surface area contributed by atoms with Crippen LogP contribution in [0.2, 0.25) is 0 Å². The molecule has 4 nitrogen and oxygen atoms in total. The van der Waals surface area contributed by atoms with Crippen molar-refractivity contribution in [3.05, 3.63) is 23.4 Å². The second-order valence-electron chi connectivity index (χ2n) is 4.72. The summed E-state index contributed by atoms with van der Waals surface area (Å²) in [6, 6.07) is 6.59. The Balaban J connectivity index is 2.08. The Bertz CT molecular complexity index is 428. The number of nitrogens with zero attached hydrogens (tertiary/aromatic N) is 2. The molecule has 1 aliphatic rings. The van der Waals surface area contributed by atoms with Crippen molar-refractivity contribution >= 4 is 5.82 Å². The van der Waals surface area contributed by atoms with E-state index in [0.29, 0.717) is 23.5 Å². The molecule has 1 aromatic heterocycles. The van der Waals surface area contributed by atoms with Gasteiger partial charge in [0.15, 0.2) is 0 Å². The molecule has 0 unspecified atom stereocenters. The third-order valence-electron chi connectivity index (χ3n) is 3.27. The number of nitriles is 1. The fourth-order valence-corrected chi connectivity index (χ4v) is 2.21. The van der Waals surface area contributed by atoms with Crippen LogP contribution in [0.4, 0.5) is 5.82 Å². The van der Waals surface area contributed by atoms with Crippen LogP contribution < -0.4 is 11.1 Å². The van der Waals surface area contributed by atoms with Gasteiger partial charge in [0, 0.05) is 17.8 Å². The van der Waals surface area contributed by atoms with Crippen molar-refractivity contribution in [1.29, 1.82) is 5.26 Å². The maximum Gasteiger partial charge on any atom is 0.144 e. The second kappa shape index (κ2) is 5.15. The molecule has 90 valence electrons. The van der Waals surface area contributed by atoms with E-state index >= 15 is 0 Å². The molecule has 17 heavy (non-hydrogen) atoms. The molecule has 0 amide bonds. The molecule has 4 heteroatoms. The van der Waals surface area contributed by atoms with Crippen molar-refractivity contribution in [2.45, 2.75) is 44.7 Å². The quantitative estimate of drug-likeness (QED) is 0.814. The topological polar surface area (TPSA) is 74.7 Å². The molecule has 2 rings (SSSR count). The molecule has 1 aliphatic carbocycles. The average molecular weight is 230 g/mol. The van der Waals surface area contributed by atoms with E-state index in [0.717, 1.165) is 31.4 Å². The van der Waals surface area contributed by atoms with Crippen LogP contribution in [0.5, 0.6) is 0 Å². The highest BCUT2D eigenvalue weighted by molar-refractivity contribution is 5.52. The number of rotatable bonds is 2. The lowest BCUT2D eigenvalue weighted by molar-refractivity contribution is 0.410. The molecule has 1 heterocycles. The van der Waals surface area contributed by atoms with E-state index in [1.807, 2.05) is 19.1 Å². The molecular weight excluding hydrogens is 212 g/mol. The molecule has 0 aromatic carbocycles. The standard InChI is InChI=1S/C13H18N4/c1-9-2-3-10(8-14)13(16-9)17-12-6-4-11(15)5-7-12/h2-3,11-12H,4-7,15H2,1H3,(H,16,17). The lowest BCUT2D eigenvalue weighted by Gasteiger charge is -2.27. The van der Waals surface area contributed by atoms with Gasteiger partial charge in [-0.05, 0) is 44.7 Å². The van der Waals surface area contributed by atoms with Gasteiger partial charge in [0.25, 0.3) is 0 Å². The second-order valence-corrected chi connectivity index (χ2v) is 4.72. The monoisotopic (exact) mass is 230 g/mol. The van der Waals surface area contributed by atoms with E-state index in [4.69, 9.17) is 11.0 Å². The first kappa shape index (κ1) is 11.9. The predicted molar refractivity (Wildman–Crippen MR) is 67.5 cm³/mol. The van der Waals surface area contributed by atoms with Crippen molar-refractivity contribution in [3.8, 4) is 6.07 Å². The van der Waals surface area contributed by atoms with Crippen LogP contribution in [0.15, 0.2) is 12.1 Å². The zero-order valence-electron chi connectivity index (χ0n) is 10.1. The minimum atomic E-state index is 0.342. The maximum absolute atomic E-state index is 9.03. The Labute approximate surface area is 102 Å². The highest BCUT2D eigenvalue weighted by Crippen LogP contribution is 2.22. The number of aryl methyl sites for hydroxylation is 1. The Morgan fingerprint density at radius 3 is 2.71 bits per heavy atom. The van der Waals surface area contributed by atoms with E-state index < -0.39 is 0 Å². The van der Waals surface area contributed by atoms with Crippen LogP contribution >= 0.6 is 0 Å². The van der Waals surface area contributed by atoms with E-state index in [-0.39, 0.29) is 0 Å². The highest BCUT2D eigenvalue weighted by Gasteiger charge is 2.19. The van der Waals surface area contributed by atoms with Gasteiger partial charge in [-0.25, -0.2) is 4.98 Å². The summed E-state index contributed by atoms with van der Waals surface area (Å²) in [6.45, 7) is 1.93. The Kier molecular flexibility index (Phi) is 3.60. The maximum atomic E-state index is 9.03. The third kappa shape index (κ3) is 2.95. The molecule has 0 atom stereocenters. The van der Waals surface area contributed by atoms with E-state index in [2.05, 4.69) is 16.4 Å². The van der Waals surface area contributed by atoms with Crippen LogP contribution in [0.3, 0.4) is 0 Å². The van der Waals surface area contributed by atoms with Crippen molar-refractivity contribution in [2.75, 3.05) is 5.32 Å². The van der Waals surface area contributed by atoms with Crippen LogP contribution in [0.1, 0.15) is 36.9 Å². The number of hydrogen-bond acceptors (Lipinski definition) is 4. The summed E-state index contributed by atoms with van der Waals surface area (Å²) < 4.78 is 0. The minimum Gasteiger partial charge on any atom is -0.366 e. The van der Waals surface area contributed by atoms with E-state index in [1.165, 1.54) is 0 Å². The molecule has 0 spiro atoms. The smallest absolute Gasteiger partial charge is 0.144 e. The first-order valence-electron chi connectivity index (χ1n) is 6.09. The van der Waals surface area contributed by atoms with Gasteiger partial charge in [-0.1, -0.05) is 0 Å². The normalized spacial score (nSPS) is 24.1. The van der Waals surface area contributed by atoms with Gasteiger partial charge in [-0.15, -0.1) is 0 Å². The molecule has 1 saturated carbocycles. The van der Waals surface area contributed by atoms with Gasteiger partial charge in [-0.2, -0.15) is 5.26 Å². The van der Waals surface area contributed by atoms with Crippen LogP contribution in [0.25, 0.3) is 0 Å². The van der Waals surface area contributed by atoms with Gasteiger partial charge in [0.05, 0.1) is 5.56 Å². The van der Waals surface area contributed by atoms with Gasteiger partial charge in [-0.3, -0.25) is 0 Å². The van der Waals surface area contributed by atoms with Crippen molar-refractivity contribution in [3.63, 3.8) is 0 Å². The summed E-state index contributed by atoms with van der Waals surface area (Å²) in [4.78, 5) is 4.39. The SMILES string of the molecule is Cc1ccc(C#N)c(NC2CCC(N)CC2)n1. The molecule has 0 saturated heterocycles. The zero-order chi connectivity index (χ0) is 12.3. The zero-order valence-corrected chi connectivity index (χ0v) is 10.1. The lowest BCUT2D eigenvalue weighted by atomic mass is 9.92. The summed E-state index contributed by atoms with van der Waals surface area (Å²) >= 11 is 0. The van der Waals surface area contributed by atoms with Crippen molar-refractivity contribution in [2.24, 2.45) is 5.73 Å². The molecule has 1 fully saturated rings. The first-order valence-corrected chi connectivity index (χ1v) is 6.09. The summed E-state index contributed by atoms with van der Waals surface area (Å²) in [6.07, 6.45) is 4.21. The number of anilines is 1. The largest absolute Gasteiger partial charge is 0.366 e. The average Bonchev–Trinajstić information content (AvgIpc) is 2.32. The highest BCUT2D eigenvalue weighted by atomic mass is 15.0. The molecule has 1 aromatic rings.